The lowest BCUT2D eigenvalue weighted by Gasteiger charge is -2.19. The molecule has 1 aliphatic heterocycles. The molecule has 1 saturated heterocycles. The first-order valence-electron chi connectivity index (χ1n) is 3.19. The highest BCUT2D eigenvalue weighted by atomic mass is 16.5. The van der Waals surface area contributed by atoms with Crippen LogP contribution >= 0.6 is 0 Å². The number of quaternary nitrogens is 1. The van der Waals surface area contributed by atoms with E-state index < -0.39 is 0 Å². The molecule has 0 unspecified atom stereocenters. The van der Waals surface area contributed by atoms with Crippen LogP contribution in [-0.2, 0) is 0 Å². The molecule has 1 aromatic heterocycles. The Morgan fingerprint density at radius 3 is 3.00 bits per heavy atom. The molecule has 0 amide bonds. The molecule has 48 valence electrons. The molecule has 2 rings (SSSR count). The maximum atomic E-state index is 4.97. The molecule has 3 nitrogen and oxygen atoms in total. The minimum Gasteiger partial charge on any atom is -0.361 e. The predicted octanol–water partition coefficient (Wildman–Crippen LogP) is -0.665. The van der Waals surface area contributed by atoms with Crippen LogP contribution in [-0.4, -0.2) is 18.2 Å². The topological polar surface area (TPSA) is 42.6 Å². The predicted molar refractivity (Wildman–Crippen MR) is 30.9 cm³/mol. The molecule has 0 saturated carbocycles. The molecular weight excluding hydrogens is 116 g/mol. The van der Waals surface area contributed by atoms with Crippen LogP contribution in [0.5, 0.6) is 0 Å². The summed E-state index contributed by atoms with van der Waals surface area (Å²) >= 11 is 0. The first kappa shape index (κ1) is 4.99. The van der Waals surface area contributed by atoms with Crippen LogP contribution in [0.2, 0.25) is 0 Å². The second-order valence-electron chi connectivity index (χ2n) is 2.37. The van der Waals surface area contributed by atoms with Gasteiger partial charge in [0.15, 0.2) is 5.76 Å². The van der Waals surface area contributed by atoms with Crippen LogP contribution in [0.4, 0.5) is 0 Å². The van der Waals surface area contributed by atoms with E-state index in [1.54, 1.807) is 6.20 Å². The quantitative estimate of drug-likeness (QED) is 0.541. The summed E-state index contributed by atoms with van der Waals surface area (Å²) in [7, 11) is 0. The summed E-state index contributed by atoms with van der Waals surface area (Å²) in [6.45, 7) is 2.32. The molecule has 1 aliphatic rings. The van der Waals surface area contributed by atoms with Crippen molar-refractivity contribution in [1.82, 2.24) is 5.16 Å². The van der Waals surface area contributed by atoms with E-state index in [0.717, 1.165) is 18.8 Å². The minimum atomic E-state index is 0.632. The summed E-state index contributed by atoms with van der Waals surface area (Å²) in [5.41, 5.74) is 0. The van der Waals surface area contributed by atoms with Gasteiger partial charge in [-0.2, -0.15) is 0 Å². The van der Waals surface area contributed by atoms with Gasteiger partial charge in [0, 0.05) is 6.07 Å². The number of hydrogen-bond acceptors (Lipinski definition) is 2. The Labute approximate surface area is 53.0 Å². The Morgan fingerprint density at radius 1 is 1.67 bits per heavy atom. The highest BCUT2D eigenvalue weighted by Gasteiger charge is 2.26. The van der Waals surface area contributed by atoms with Gasteiger partial charge in [-0.3, -0.25) is 0 Å². The van der Waals surface area contributed by atoms with Gasteiger partial charge in [0.05, 0.1) is 19.3 Å². The molecule has 0 spiro atoms. The molecule has 1 aromatic rings. The van der Waals surface area contributed by atoms with Crippen LogP contribution in [0.1, 0.15) is 11.7 Å². The molecule has 0 atom stereocenters. The standard InChI is InChI=1S/C6H8N2O/c1-2-8-9-6(1)5-3-7-4-5/h1-2,5,7H,3-4H2/p+1. The Kier molecular flexibility index (Phi) is 1.02. The SMILES string of the molecule is c1cc(C2C[NH2+]C2)on1. The Morgan fingerprint density at radius 2 is 2.56 bits per heavy atom. The van der Waals surface area contributed by atoms with E-state index in [-0.39, 0.29) is 0 Å². The average Bonchev–Trinajstić information content (AvgIpc) is 2.11. The number of rotatable bonds is 1. The van der Waals surface area contributed by atoms with Gasteiger partial charge in [-0.05, 0) is 0 Å². The number of hydrogen-bond donors (Lipinski definition) is 1. The second-order valence-corrected chi connectivity index (χ2v) is 2.37. The molecule has 0 aliphatic carbocycles. The summed E-state index contributed by atoms with van der Waals surface area (Å²) in [6.07, 6.45) is 1.70. The molecule has 2 heterocycles. The zero-order valence-corrected chi connectivity index (χ0v) is 5.08. The first-order valence-corrected chi connectivity index (χ1v) is 3.19. The van der Waals surface area contributed by atoms with Gasteiger partial charge in [0.1, 0.15) is 5.92 Å². The fourth-order valence-corrected chi connectivity index (χ4v) is 1.00. The van der Waals surface area contributed by atoms with Crippen LogP contribution in [0, 0.1) is 0 Å². The van der Waals surface area contributed by atoms with E-state index in [2.05, 4.69) is 10.5 Å². The van der Waals surface area contributed by atoms with Gasteiger partial charge in [-0.1, -0.05) is 5.16 Å². The molecule has 3 heteroatoms. The summed E-state index contributed by atoms with van der Waals surface area (Å²) in [4.78, 5) is 0. The van der Waals surface area contributed by atoms with Crippen molar-refractivity contribution in [2.24, 2.45) is 0 Å². The van der Waals surface area contributed by atoms with Crippen molar-refractivity contribution in [1.29, 1.82) is 0 Å². The van der Waals surface area contributed by atoms with Gasteiger partial charge < -0.3 is 9.84 Å². The van der Waals surface area contributed by atoms with Gasteiger partial charge in [-0.15, -0.1) is 0 Å². The highest BCUT2D eigenvalue weighted by molar-refractivity contribution is 5.02. The highest BCUT2D eigenvalue weighted by Crippen LogP contribution is 2.13. The van der Waals surface area contributed by atoms with Gasteiger partial charge >= 0.3 is 0 Å². The van der Waals surface area contributed by atoms with Gasteiger partial charge in [0.2, 0.25) is 0 Å². The largest absolute Gasteiger partial charge is 0.361 e. The summed E-state index contributed by atoms with van der Waals surface area (Å²) < 4.78 is 4.97. The third-order valence-corrected chi connectivity index (χ3v) is 1.76. The lowest BCUT2D eigenvalue weighted by molar-refractivity contribution is -0.713. The normalized spacial score (nSPS) is 19.6. The van der Waals surface area contributed by atoms with Crippen LogP contribution in [0.25, 0.3) is 0 Å². The van der Waals surface area contributed by atoms with Crippen molar-refractivity contribution in [3.63, 3.8) is 0 Å². The van der Waals surface area contributed by atoms with Crippen molar-refractivity contribution in [2.45, 2.75) is 5.92 Å². The number of nitrogens with two attached hydrogens (primary N) is 1. The fraction of sp³-hybridized carbons (Fsp3) is 0.500. The summed E-state index contributed by atoms with van der Waals surface area (Å²) in [5, 5.41) is 5.89. The van der Waals surface area contributed by atoms with Gasteiger partial charge in [-0.25, -0.2) is 0 Å². The van der Waals surface area contributed by atoms with Crippen molar-refractivity contribution in [2.75, 3.05) is 13.1 Å². The van der Waals surface area contributed by atoms with Crippen molar-refractivity contribution in [3.05, 3.63) is 18.0 Å². The Bertz CT molecular complexity index is 179. The lowest BCUT2D eigenvalue weighted by Crippen LogP contribution is -2.95. The van der Waals surface area contributed by atoms with Crippen LogP contribution in [0.3, 0.4) is 0 Å². The Balaban J connectivity index is 2.14. The van der Waals surface area contributed by atoms with E-state index in [1.165, 1.54) is 0 Å². The monoisotopic (exact) mass is 125 g/mol. The molecule has 2 N–H and O–H groups in total. The van der Waals surface area contributed by atoms with Crippen molar-refractivity contribution >= 4 is 0 Å². The van der Waals surface area contributed by atoms with Crippen molar-refractivity contribution < 1.29 is 9.84 Å². The summed E-state index contributed by atoms with van der Waals surface area (Å²) in [5.74, 6) is 1.67. The van der Waals surface area contributed by atoms with Crippen LogP contribution < -0.4 is 5.32 Å². The van der Waals surface area contributed by atoms with Crippen molar-refractivity contribution in [3.8, 4) is 0 Å². The summed E-state index contributed by atoms with van der Waals surface area (Å²) in [6, 6.07) is 1.94. The van der Waals surface area contributed by atoms with E-state index in [1.807, 2.05) is 6.07 Å². The first-order chi connectivity index (χ1) is 4.47. The zero-order valence-electron chi connectivity index (χ0n) is 5.08. The molecule has 0 bridgehead atoms. The number of nitrogens with zero attached hydrogens (tertiary/aromatic N) is 1. The van der Waals surface area contributed by atoms with Gasteiger partial charge in [0.25, 0.3) is 0 Å². The van der Waals surface area contributed by atoms with E-state index in [0.29, 0.717) is 5.92 Å². The van der Waals surface area contributed by atoms with Crippen LogP contribution in [0.15, 0.2) is 16.8 Å². The molecule has 1 fully saturated rings. The average molecular weight is 125 g/mol. The maximum absolute atomic E-state index is 4.97. The third kappa shape index (κ3) is 0.733. The second kappa shape index (κ2) is 1.84. The van der Waals surface area contributed by atoms with E-state index >= 15 is 0 Å². The molecule has 0 aromatic carbocycles. The minimum absolute atomic E-state index is 0.632. The third-order valence-electron chi connectivity index (χ3n) is 1.76. The smallest absolute Gasteiger partial charge is 0.151 e. The fourth-order valence-electron chi connectivity index (χ4n) is 1.00. The zero-order chi connectivity index (χ0) is 6.10. The maximum Gasteiger partial charge on any atom is 0.151 e. The molecular formula is C6H9N2O+. The molecule has 9 heavy (non-hydrogen) atoms. The van der Waals surface area contributed by atoms with E-state index in [4.69, 9.17) is 4.52 Å². The lowest BCUT2D eigenvalue weighted by atomic mass is 10.0. The van der Waals surface area contributed by atoms with E-state index in [9.17, 15) is 0 Å². The Hall–Kier alpha value is -0.830. The molecule has 0 radical (unpaired) electrons. The number of aromatic nitrogens is 1.